The van der Waals surface area contributed by atoms with E-state index in [9.17, 15) is 4.79 Å². The van der Waals surface area contributed by atoms with Crippen molar-refractivity contribution in [1.82, 2.24) is 4.98 Å². The van der Waals surface area contributed by atoms with E-state index in [1.807, 2.05) is 13.8 Å². The highest BCUT2D eigenvalue weighted by Gasteiger charge is 2.18. The third-order valence-electron chi connectivity index (χ3n) is 1.74. The molecule has 1 unspecified atom stereocenters. The van der Waals surface area contributed by atoms with E-state index in [4.69, 9.17) is 15.3 Å². The summed E-state index contributed by atoms with van der Waals surface area (Å²) in [6, 6.07) is -0.354. The number of nitrogens with zero attached hydrogens (tertiary/aromatic N) is 1. The highest BCUT2D eigenvalue weighted by Crippen LogP contribution is 2.18. The third-order valence-corrected chi connectivity index (χ3v) is 1.74. The van der Waals surface area contributed by atoms with Gasteiger partial charge in [0.15, 0.2) is 0 Å². The summed E-state index contributed by atoms with van der Waals surface area (Å²) in [5, 5.41) is 8.54. The Morgan fingerprint density at radius 2 is 2.31 bits per heavy atom. The van der Waals surface area contributed by atoms with Crippen LogP contribution in [0.3, 0.4) is 0 Å². The molecule has 0 saturated carbocycles. The van der Waals surface area contributed by atoms with Gasteiger partial charge >= 0.3 is 5.97 Å². The van der Waals surface area contributed by atoms with Gasteiger partial charge in [-0.25, -0.2) is 9.78 Å². The van der Waals surface area contributed by atoms with Gasteiger partial charge in [0.05, 0.1) is 12.2 Å². The number of hydrogen-bond donors (Lipinski definition) is 2. The van der Waals surface area contributed by atoms with Crippen LogP contribution < -0.4 is 5.73 Å². The minimum atomic E-state index is -1.13. The first kappa shape index (κ1) is 9.73. The Bertz CT molecular complexity index is 306. The molecule has 0 amide bonds. The van der Waals surface area contributed by atoms with Crippen LogP contribution in [0.15, 0.2) is 10.6 Å². The van der Waals surface area contributed by atoms with Gasteiger partial charge in [-0.2, -0.15) is 0 Å². The molecule has 5 nitrogen and oxygen atoms in total. The number of rotatable bonds is 3. The Hall–Kier alpha value is -1.36. The second-order valence-electron chi connectivity index (χ2n) is 3.14. The highest BCUT2D eigenvalue weighted by atomic mass is 16.4. The maximum Gasteiger partial charge on any atom is 0.373 e. The normalized spacial score (nSPS) is 13.2. The summed E-state index contributed by atoms with van der Waals surface area (Å²) < 4.78 is 4.93. The first-order valence-electron chi connectivity index (χ1n) is 3.97. The molecule has 0 radical (unpaired) electrons. The maximum atomic E-state index is 10.4. The summed E-state index contributed by atoms with van der Waals surface area (Å²) in [4.78, 5) is 14.2. The van der Waals surface area contributed by atoms with Gasteiger partial charge in [-0.1, -0.05) is 13.8 Å². The van der Waals surface area contributed by atoms with E-state index >= 15 is 0 Å². The molecule has 0 aromatic carbocycles. The first-order valence-corrected chi connectivity index (χ1v) is 3.97. The molecule has 72 valence electrons. The topological polar surface area (TPSA) is 89.3 Å². The molecule has 1 heterocycles. The number of hydrogen-bond acceptors (Lipinski definition) is 4. The van der Waals surface area contributed by atoms with Crippen LogP contribution in [-0.2, 0) is 0 Å². The summed E-state index contributed by atoms with van der Waals surface area (Å²) in [5.41, 5.74) is 5.70. The lowest BCUT2D eigenvalue weighted by molar-refractivity contribution is 0.0659. The summed E-state index contributed by atoms with van der Waals surface area (Å²) in [5.74, 6) is -0.867. The van der Waals surface area contributed by atoms with E-state index in [0.29, 0.717) is 0 Å². The Morgan fingerprint density at radius 1 is 1.69 bits per heavy atom. The summed E-state index contributed by atoms with van der Waals surface area (Å²) >= 11 is 0. The lowest BCUT2D eigenvalue weighted by Crippen LogP contribution is -2.16. The van der Waals surface area contributed by atoms with Crippen molar-refractivity contribution in [3.8, 4) is 0 Å². The predicted octanol–water partition coefficient (Wildman–Crippen LogP) is 1.03. The van der Waals surface area contributed by atoms with E-state index in [1.165, 1.54) is 6.20 Å². The van der Waals surface area contributed by atoms with E-state index in [0.717, 1.165) is 0 Å². The standard InChI is InChI=1S/C8H12N2O3/c1-4(2)6(9)7-10-3-5(13-7)8(11)12/h3-4,6H,9H2,1-2H3,(H,11,12). The van der Waals surface area contributed by atoms with Gasteiger partial charge < -0.3 is 15.3 Å². The molecule has 0 aliphatic carbocycles. The van der Waals surface area contributed by atoms with Crippen molar-refractivity contribution in [3.05, 3.63) is 17.8 Å². The zero-order valence-electron chi connectivity index (χ0n) is 7.52. The molecule has 0 spiro atoms. The smallest absolute Gasteiger partial charge is 0.373 e. The molecule has 0 saturated heterocycles. The number of carboxylic acids is 1. The van der Waals surface area contributed by atoms with E-state index in [-0.39, 0.29) is 23.6 Å². The fourth-order valence-electron chi connectivity index (χ4n) is 0.826. The third kappa shape index (κ3) is 2.06. The zero-order chi connectivity index (χ0) is 10.0. The molecule has 1 atom stereocenters. The van der Waals surface area contributed by atoms with Crippen molar-refractivity contribution in [2.24, 2.45) is 11.7 Å². The molecule has 0 aliphatic heterocycles. The van der Waals surface area contributed by atoms with Crippen LogP contribution in [0.4, 0.5) is 0 Å². The van der Waals surface area contributed by atoms with Gasteiger partial charge in [0.1, 0.15) is 0 Å². The quantitative estimate of drug-likeness (QED) is 0.732. The van der Waals surface area contributed by atoms with Crippen LogP contribution in [0.5, 0.6) is 0 Å². The molecular weight excluding hydrogens is 172 g/mol. The monoisotopic (exact) mass is 184 g/mol. The van der Waals surface area contributed by atoms with Crippen LogP contribution in [0, 0.1) is 5.92 Å². The molecule has 1 aromatic heterocycles. The van der Waals surface area contributed by atoms with Crippen LogP contribution in [-0.4, -0.2) is 16.1 Å². The van der Waals surface area contributed by atoms with Gasteiger partial charge in [-0.05, 0) is 5.92 Å². The van der Waals surface area contributed by atoms with Gasteiger partial charge in [0, 0.05) is 0 Å². The fraction of sp³-hybridized carbons (Fsp3) is 0.500. The fourth-order valence-corrected chi connectivity index (χ4v) is 0.826. The number of nitrogens with two attached hydrogens (primary N) is 1. The number of aromatic carboxylic acids is 1. The van der Waals surface area contributed by atoms with E-state index < -0.39 is 5.97 Å². The molecule has 0 aliphatic rings. The SMILES string of the molecule is CC(C)C(N)c1ncc(C(=O)O)o1. The van der Waals surface area contributed by atoms with Crippen molar-refractivity contribution in [2.75, 3.05) is 0 Å². The lowest BCUT2D eigenvalue weighted by Gasteiger charge is -2.10. The van der Waals surface area contributed by atoms with Crippen molar-refractivity contribution in [2.45, 2.75) is 19.9 Å². The minimum absolute atomic E-state index is 0.167. The zero-order valence-corrected chi connectivity index (χ0v) is 7.52. The Morgan fingerprint density at radius 3 is 2.69 bits per heavy atom. The van der Waals surface area contributed by atoms with Crippen molar-refractivity contribution in [1.29, 1.82) is 0 Å². The number of aromatic nitrogens is 1. The number of oxazole rings is 1. The predicted molar refractivity (Wildman–Crippen MR) is 45.2 cm³/mol. The first-order chi connectivity index (χ1) is 6.02. The molecule has 1 aromatic rings. The van der Waals surface area contributed by atoms with Gasteiger partial charge in [-0.3, -0.25) is 0 Å². The van der Waals surface area contributed by atoms with E-state index in [2.05, 4.69) is 4.98 Å². The molecule has 13 heavy (non-hydrogen) atoms. The van der Waals surface area contributed by atoms with E-state index in [1.54, 1.807) is 0 Å². The van der Waals surface area contributed by atoms with Crippen molar-refractivity contribution < 1.29 is 14.3 Å². The summed E-state index contributed by atoms with van der Waals surface area (Å²) in [7, 11) is 0. The molecule has 0 fully saturated rings. The number of carboxylic acid groups (broad SMARTS) is 1. The largest absolute Gasteiger partial charge is 0.475 e. The van der Waals surface area contributed by atoms with Crippen LogP contribution in [0.1, 0.15) is 36.3 Å². The van der Waals surface area contributed by atoms with Crippen molar-refractivity contribution in [3.63, 3.8) is 0 Å². The second-order valence-corrected chi connectivity index (χ2v) is 3.14. The van der Waals surface area contributed by atoms with Gasteiger partial charge in [0.25, 0.3) is 0 Å². The second kappa shape index (κ2) is 3.57. The number of carbonyl (C=O) groups is 1. The summed E-state index contributed by atoms with van der Waals surface area (Å²) in [6.07, 6.45) is 1.17. The van der Waals surface area contributed by atoms with Crippen LogP contribution in [0.25, 0.3) is 0 Å². The van der Waals surface area contributed by atoms with Gasteiger partial charge in [0.2, 0.25) is 11.7 Å². The molecule has 5 heteroatoms. The molecule has 3 N–H and O–H groups in total. The van der Waals surface area contributed by atoms with Crippen LogP contribution >= 0.6 is 0 Å². The Balaban J connectivity index is 2.85. The van der Waals surface area contributed by atoms with Crippen LogP contribution in [0.2, 0.25) is 0 Å². The average molecular weight is 184 g/mol. The average Bonchev–Trinajstić information content (AvgIpc) is 2.50. The molecule has 0 bridgehead atoms. The Kier molecular flexibility index (Phi) is 2.67. The lowest BCUT2D eigenvalue weighted by atomic mass is 10.1. The van der Waals surface area contributed by atoms with Gasteiger partial charge in [-0.15, -0.1) is 0 Å². The minimum Gasteiger partial charge on any atom is -0.475 e. The van der Waals surface area contributed by atoms with Crippen molar-refractivity contribution >= 4 is 5.97 Å². The molecule has 1 rings (SSSR count). The summed E-state index contributed by atoms with van der Waals surface area (Å²) in [6.45, 7) is 3.82. The molecular formula is C8H12N2O3. The highest BCUT2D eigenvalue weighted by molar-refractivity contribution is 5.83. The maximum absolute atomic E-state index is 10.4. The Labute approximate surface area is 75.6 Å².